The highest BCUT2D eigenvalue weighted by Gasteiger charge is 2.20. The van der Waals surface area contributed by atoms with Crippen molar-refractivity contribution >= 4 is 5.91 Å². The van der Waals surface area contributed by atoms with E-state index in [2.05, 4.69) is 11.8 Å². The lowest BCUT2D eigenvalue weighted by atomic mass is 9.94. The molecule has 0 aromatic heterocycles. The Morgan fingerprint density at radius 1 is 1.19 bits per heavy atom. The van der Waals surface area contributed by atoms with E-state index in [9.17, 15) is 4.79 Å². The normalized spacial score (nSPS) is 18.7. The van der Waals surface area contributed by atoms with Crippen LogP contribution in [0, 0.1) is 5.92 Å². The maximum atomic E-state index is 11.9. The largest absolute Gasteiger partial charge is 0.342 e. The number of piperidine rings is 1. The Balaban J connectivity index is 2.30. The van der Waals surface area contributed by atoms with Crippen molar-refractivity contribution in [3.8, 4) is 0 Å². The van der Waals surface area contributed by atoms with Crippen LogP contribution in [0.15, 0.2) is 0 Å². The molecule has 1 saturated heterocycles. The van der Waals surface area contributed by atoms with Crippen LogP contribution >= 0.6 is 0 Å². The maximum absolute atomic E-state index is 11.9. The van der Waals surface area contributed by atoms with Gasteiger partial charge >= 0.3 is 0 Å². The van der Waals surface area contributed by atoms with E-state index in [1.165, 1.54) is 19.3 Å². The molecule has 3 heteroatoms. The first kappa shape index (κ1) is 13.5. The fraction of sp³-hybridized carbons (Fsp3) is 0.923. The van der Waals surface area contributed by atoms with E-state index in [0.717, 1.165) is 32.1 Å². The summed E-state index contributed by atoms with van der Waals surface area (Å²) in [4.78, 5) is 16.1. The van der Waals surface area contributed by atoms with E-state index in [1.807, 2.05) is 18.7 Å². The third kappa shape index (κ3) is 3.78. The van der Waals surface area contributed by atoms with E-state index >= 15 is 0 Å². The molecule has 16 heavy (non-hydrogen) atoms. The first-order valence-corrected chi connectivity index (χ1v) is 6.71. The van der Waals surface area contributed by atoms with E-state index < -0.39 is 0 Å². The van der Waals surface area contributed by atoms with Gasteiger partial charge in [-0.3, -0.25) is 9.69 Å². The van der Waals surface area contributed by atoms with Gasteiger partial charge < -0.3 is 4.90 Å². The van der Waals surface area contributed by atoms with Gasteiger partial charge in [0.15, 0.2) is 0 Å². The number of hydrogen-bond donors (Lipinski definition) is 0. The van der Waals surface area contributed by atoms with Crippen molar-refractivity contribution in [1.82, 2.24) is 9.80 Å². The molecule has 0 aromatic rings. The van der Waals surface area contributed by atoms with Crippen LogP contribution in [0.4, 0.5) is 0 Å². The van der Waals surface area contributed by atoms with Crippen molar-refractivity contribution in [2.75, 3.05) is 32.7 Å². The van der Waals surface area contributed by atoms with Crippen LogP contribution in [0.5, 0.6) is 0 Å². The molecule has 0 aromatic carbocycles. The molecule has 1 amide bonds. The second kappa shape index (κ2) is 6.89. The third-order valence-corrected chi connectivity index (χ3v) is 3.76. The molecule has 0 radical (unpaired) electrons. The molecule has 0 aliphatic carbocycles. The fourth-order valence-corrected chi connectivity index (χ4v) is 2.42. The van der Waals surface area contributed by atoms with Crippen molar-refractivity contribution < 1.29 is 4.79 Å². The third-order valence-electron chi connectivity index (χ3n) is 3.76. The molecule has 0 atom stereocenters. The van der Waals surface area contributed by atoms with Gasteiger partial charge in [-0.15, -0.1) is 0 Å². The highest BCUT2D eigenvalue weighted by atomic mass is 16.2. The summed E-state index contributed by atoms with van der Waals surface area (Å²) < 4.78 is 0. The SMILES string of the molecule is CCC1CCN(CC(=O)N(CC)CC)CC1. The molecule has 1 aliphatic heterocycles. The van der Waals surface area contributed by atoms with Gasteiger partial charge in [0.25, 0.3) is 0 Å². The zero-order chi connectivity index (χ0) is 12.0. The Hall–Kier alpha value is -0.570. The Labute approximate surface area is 99.8 Å². The zero-order valence-corrected chi connectivity index (χ0v) is 11.0. The number of likely N-dealkylation sites (tertiary alicyclic amines) is 1. The van der Waals surface area contributed by atoms with Crippen LogP contribution in [0.2, 0.25) is 0 Å². The van der Waals surface area contributed by atoms with Crippen LogP contribution in [-0.4, -0.2) is 48.4 Å². The van der Waals surface area contributed by atoms with Gasteiger partial charge in [0.05, 0.1) is 6.54 Å². The lowest BCUT2D eigenvalue weighted by Gasteiger charge is -2.32. The van der Waals surface area contributed by atoms with Crippen molar-refractivity contribution in [3.05, 3.63) is 0 Å². The molecule has 1 rings (SSSR count). The molecule has 0 bridgehead atoms. The first-order valence-electron chi connectivity index (χ1n) is 6.71. The number of carbonyl (C=O) groups excluding carboxylic acids is 1. The average Bonchev–Trinajstić information content (AvgIpc) is 2.31. The Morgan fingerprint density at radius 3 is 2.19 bits per heavy atom. The monoisotopic (exact) mass is 226 g/mol. The first-order chi connectivity index (χ1) is 7.71. The summed E-state index contributed by atoms with van der Waals surface area (Å²) >= 11 is 0. The van der Waals surface area contributed by atoms with Crippen molar-refractivity contribution in [2.45, 2.75) is 40.0 Å². The number of amides is 1. The Bertz CT molecular complexity index is 206. The number of rotatable bonds is 5. The molecule has 1 fully saturated rings. The molecule has 1 heterocycles. The van der Waals surface area contributed by atoms with E-state index in [1.54, 1.807) is 0 Å². The van der Waals surface area contributed by atoms with E-state index in [-0.39, 0.29) is 0 Å². The predicted octanol–water partition coefficient (Wildman–Crippen LogP) is 1.98. The second-order valence-corrected chi connectivity index (χ2v) is 4.69. The summed E-state index contributed by atoms with van der Waals surface area (Å²) in [7, 11) is 0. The summed E-state index contributed by atoms with van der Waals surface area (Å²) in [6.07, 6.45) is 3.82. The van der Waals surface area contributed by atoms with Crippen LogP contribution in [0.25, 0.3) is 0 Å². The molecule has 0 spiro atoms. The lowest BCUT2D eigenvalue weighted by Crippen LogP contribution is -2.43. The zero-order valence-electron chi connectivity index (χ0n) is 11.0. The summed E-state index contributed by atoms with van der Waals surface area (Å²) in [5, 5.41) is 0. The smallest absolute Gasteiger partial charge is 0.236 e. The highest BCUT2D eigenvalue weighted by Crippen LogP contribution is 2.19. The van der Waals surface area contributed by atoms with Gasteiger partial charge in [-0.05, 0) is 45.7 Å². The summed E-state index contributed by atoms with van der Waals surface area (Å²) in [5.74, 6) is 1.18. The van der Waals surface area contributed by atoms with Crippen molar-refractivity contribution in [3.63, 3.8) is 0 Å². The number of carbonyl (C=O) groups is 1. The molecule has 3 nitrogen and oxygen atoms in total. The minimum absolute atomic E-state index is 0.292. The van der Waals surface area contributed by atoms with Gasteiger partial charge in [0.2, 0.25) is 5.91 Å². The molecule has 0 saturated carbocycles. The van der Waals surface area contributed by atoms with Gasteiger partial charge in [-0.2, -0.15) is 0 Å². The molecular formula is C13H26N2O. The summed E-state index contributed by atoms with van der Waals surface area (Å²) in [6.45, 7) is 10.9. The van der Waals surface area contributed by atoms with Gasteiger partial charge in [-0.1, -0.05) is 13.3 Å². The van der Waals surface area contributed by atoms with Gasteiger partial charge in [0, 0.05) is 13.1 Å². The lowest BCUT2D eigenvalue weighted by molar-refractivity contribution is -0.132. The summed E-state index contributed by atoms with van der Waals surface area (Å²) in [6, 6.07) is 0. The van der Waals surface area contributed by atoms with Crippen molar-refractivity contribution in [1.29, 1.82) is 0 Å². The number of likely N-dealkylation sites (N-methyl/N-ethyl adjacent to an activating group) is 1. The van der Waals surface area contributed by atoms with Crippen LogP contribution < -0.4 is 0 Å². The van der Waals surface area contributed by atoms with Gasteiger partial charge in [0.1, 0.15) is 0 Å². The minimum Gasteiger partial charge on any atom is -0.342 e. The number of nitrogens with zero attached hydrogens (tertiary/aromatic N) is 2. The Morgan fingerprint density at radius 2 is 1.75 bits per heavy atom. The van der Waals surface area contributed by atoms with E-state index in [4.69, 9.17) is 0 Å². The quantitative estimate of drug-likeness (QED) is 0.715. The van der Waals surface area contributed by atoms with Crippen LogP contribution in [-0.2, 0) is 4.79 Å². The van der Waals surface area contributed by atoms with Crippen LogP contribution in [0.3, 0.4) is 0 Å². The van der Waals surface area contributed by atoms with Gasteiger partial charge in [-0.25, -0.2) is 0 Å². The minimum atomic E-state index is 0.292. The maximum Gasteiger partial charge on any atom is 0.236 e. The van der Waals surface area contributed by atoms with E-state index in [0.29, 0.717) is 12.5 Å². The topological polar surface area (TPSA) is 23.6 Å². The Kier molecular flexibility index (Phi) is 5.81. The fourth-order valence-electron chi connectivity index (χ4n) is 2.42. The molecule has 94 valence electrons. The predicted molar refractivity (Wildman–Crippen MR) is 67.4 cm³/mol. The molecule has 0 unspecified atom stereocenters. The highest BCUT2D eigenvalue weighted by molar-refractivity contribution is 5.78. The second-order valence-electron chi connectivity index (χ2n) is 4.69. The van der Waals surface area contributed by atoms with Crippen LogP contribution in [0.1, 0.15) is 40.0 Å². The molecular weight excluding hydrogens is 200 g/mol. The average molecular weight is 226 g/mol. The molecule has 1 aliphatic rings. The standard InChI is InChI=1S/C13H26N2O/c1-4-12-7-9-14(10-8-12)11-13(16)15(5-2)6-3/h12H,4-11H2,1-3H3. The molecule has 0 N–H and O–H groups in total. The number of hydrogen-bond acceptors (Lipinski definition) is 2. The summed E-state index contributed by atoms with van der Waals surface area (Å²) in [5.41, 5.74) is 0. The van der Waals surface area contributed by atoms with Crippen molar-refractivity contribution in [2.24, 2.45) is 5.92 Å².